The largest absolute Gasteiger partial charge is 0.396 e. The lowest BCUT2D eigenvalue weighted by molar-refractivity contribution is 0.297. The number of aliphatic hydroxyl groups is 2. The van der Waals surface area contributed by atoms with Crippen molar-refractivity contribution in [2.45, 2.75) is 6.42 Å². The molecule has 0 bridgehead atoms. The minimum Gasteiger partial charge on any atom is -0.396 e. The summed E-state index contributed by atoms with van der Waals surface area (Å²) in [7, 11) is 0. The second-order valence-electron chi connectivity index (χ2n) is 1.72. The van der Waals surface area contributed by atoms with Gasteiger partial charge in [-0.2, -0.15) is 0 Å². The van der Waals surface area contributed by atoms with Crippen LogP contribution in [0.25, 0.3) is 0 Å². The molecule has 0 amide bonds. The van der Waals surface area contributed by atoms with E-state index in [1.54, 1.807) is 6.08 Å². The Bertz CT molecular complexity index is 91.1. The third-order valence-corrected chi connectivity index (χ3v) is 1.08. The molecule has 0 rings (SSSR count). The van der Waals surface area contributed by atoms with Gasteiger partial charge in [-0.05, 0) is 6.42 Å². The van der Waals surface area contributed by atoms with Crippen LogP contribution < -0.4 is 5.73 Å². The van der Waals surface area contributed by atoms with E-state index in [2.05, 4.69) is 0 Å². The molecular formula is C6H13NO2. The number of hydrogen-bond donors (Lipinski definition) is 3. The summed E-state index contributed by atoms with van der Waals surface area (Å²) in [5, 5.41) is 16.8. The van der Waals surface area contributed by atoms with E-state index in [4.69, 9.17) is 15.9 Å². The summed E-state index contributed by atoms with van der Waals surface area (Å²) in [4.78, 5) is 0. The Morgan fingerprint density at radius 3 is 2.44 bits per heavy atom. The van der Waals surface area contributed by atoms with Gasteiger partial charge in [0.1, 0.15) is 0 Å². The van der Waals surface area contributed by atoms with Gasteiger partial charge in [-0.25, -0.2) is 0 Å². The number of rotatable bonds is 4. The fourth-order valence-corrected chi connectivity index (χ4v) is 0.560. The molecule has 0 heterocycles. The van der Waals surface area contributed by atoms with Crippen molar-refractivity contribution in [2.75, 3.05) is 19.8 Å². The average Bonchev–Trinajstić information content (AvgIpc) is 1.88. The molecule has 0 unspecified atom stereocenters. The number of aliphatic hydroxyl groups excluding tert-OH is 2. The predicted octanol–water partition coefficient (Wildman–Crippen LogP) is -0.754. The Hall–Kier alpha value is -0.380. The summed E-state index contributed by atoms with van der Waals surface area (Å²) >= 11 is 0. The summed E-state index contributed by atoms with van der Waals surface area (Å²) < 4.78 is 0. The quantitative estimate of drug-likeness (QED) is 0.440. The lowest BCUT2D eigenvalue weighted by Gasteiger charge is -1.98. The van der Waals surface area contributed by atoms with Crippen molar-refractivity contribution < 1.29 is 10.2 Å². The maximum absolute atomic E-state index is 8.42. The first-order valence-electron chi connectivity index (χ1n) is 2.94. The molecule has 0 aliphatic carbocycles. The van der Waals surface area contributed by atoms with E-state index < -0.39 is 0 Å². The van der Waals surface area contributed by atoms with E-state index in [0.717, 1.165) is 5.57 Å². The van der Waals surface area contributed by atoms with Crippen molar-refractivity contribution >= 4 is 0 Å². The molecule has 3 heteroatoms. The van der Waals surface area contributed by atoms with E-state index >= 15 is 0 Å². The molecule has 0 atom stereocenters. The van der Waals surface area contributed by atoms with Crippen LogP contribution in [-0.4, -0.2) is 30.0 Å². The molecule has 0 fully saturated rings. The molecule has 0 aromatic carbocycles. The standard InChI is InChI=1S/C6H13NO2/c7-5-6(1-3-8)2-4-9/h1,8-9H,2-5,7H2. The van der Waals surface area contributed by atoms with Crippen molar-refractivity contribution in [2.24, 2.45) is 5.73 Å². The van der Waals surface area contributed by atoms with Crippen LogP contribution in [0.15, 0.2) is 11.6 Å². The van der Waals surface area contributed by atoms with E-state index in [1.165, 1.54) is 0 Å². The van der Waals surface area contributed by atoms with Gasteiger partial charge in [-0.15, -0.1) is 0 Å². The monoisotopic (exact) mass is 131 g/mol. The fraction of sp³-hybridized carbons (Fsp3) is 0.667. The van der Waals surface area contributed by atoms with E-state index in [1.807, 2.05) is 0 Å². The van der Waals surface area contributed by atoms with Crippen molar-refractivity contribution in [1.29, 1.82) is 0 Å². The molecule has 0 spiro atoms. The lowest BCUT2D eigenvalue weighted by atomic mass is 10.2. The van der Waals surface area contributed by atoms with Crippen molar-refractivity contribution in [3.63, 3.8) is 0 Å². The zero-order valence-corrected chi connectivity index (χ0v) is 5.38. The van der Waals surface area contributed by atoms with Crippen LogP contribution in [0.1, 0.15) is 6.42 Å². The summed E-state index contributed by atoms with van der Waals surface area (Å²) in [6.45, 7) is 0.524. The van der Waals surface area contributed by atoms with Gasteiger partial charge in [-0.1, -0.05) is 11.6 Å². The average molecular weight is 131 g/mol. The summed E-state index contributed by atoms with van der Waals surface area (Å²) in [5.74, 6) is 0. The molecular weight excluding hydrogens is 118 g/mol. The predicted molar refractivity (Wildman–Crippen MR) is 35.9 cm³/mol. The van der Waals surface area contributed by atoms with Crippen molar-refractivity contribution in [3.8, 4) is 0 Å². The van der Waals surface area contributed by atoms with E-state index in [0.29, 0.717) is 13.0 Å². The van der Waals surface area contributed by atoms with Gasteiger partial charge >= 0.3 is 0 Å². The van der Waals surface area contributed by atoms with Crippen LogP contribution in [-0.2, 0) is 0 Å². The topological polar surface area (TPSA) is 66.5 Å². The van der Waals surface area contributed by atoms with Crippen molar-refractivity contribution in [1.82, 2.24) is 0 Å². The first-order valence-corrected chi connectivity index (χ1v) is 2.94. The maximum atomic E-state index is 8.42. The van der Waals surface area contributed by atoms with Crippen LogP contribution in [0.4, 0.5) is 0 Å². The van der Waals surface area contributed by atoms with Crippen LogP contribution in [0.2, 0.25) is 0 Å². The minimum absolute atomic E-state index is 0.00648. The first kappa shape index (κ1) is 8.62. The second-order valence-corrected chi connectivity index (χ2v) is 1.72. The zero-order valence-electron chi connectivity index (χ0n) is 5.38. The van der Waals surface area contributed by atoms with Crippen molar-refractivity contribution in [3.05, 3.63) is 11.6 Å². The van der Waals surface area contributed by atoms with Gasteiger partial charge < -0.3 is 15.9 Å². The molecule has 0 aliphatic heterocycles. The van der Waals surface area contributed by atoms with Gasteiger partial charge in [-0.3, -0.25) is 0 Å². The Balaban J connectivity index is 3.53. The Morgan fingerprint density at radius 1 is 1.44 bits per heavy atom. The Kier molecular flexibility index (Phi) is 5.51. The molecule has 9 heavy (non-hydrogen) atoms. The van der Waals surface area contributed by atoms with Gasteiger partial charge in [0.05, 0.1) is 6.61 Å². The minimum atomic E-state index is 0.00648. The van der Waals surface area contributed by atoms with E-state index in [-0.39, 0.29) is 13.2 Å². The van der Waals surface area contributed by atoms with Gasteiger partial charge in [0.2, 0.25) is 0 Å². The van der Waals surface area contributed by atoms with Crippen LogP contribution in [0, 0.1) is 0 Å². The Morgan fingerprint density at radius 2 is 2.11 bits per heavy atom. The van der Waals surface area contributed by atoms with Crippen LogP contribution in [0.5, 0.6) is 0 Å². The molecule has 0 saturated heterocycles. The SMILES string of the molecule is NCC(=CCO)CCO. The zero-order chi connectivity index (χ0) is 7.11. The molecule has 0 aromatic rings. The normalized spacial score (nSPS) is 12.1. The smallest absolute Gasteiger partial charge is 0.0615 e. The van der Waals surface area contributed by atoms with Crippen LogP contribution >= 0.6 is 0 Å². The fourth-order valence-electron chi connectivity index (χ4n) is 0.560. The summed E-state index contributed by atoms with van der Waals surface area (Å²) in [5.41, 5.74) is 6.16. The first-order chi connectivity index (χ1) is 4.35. The Labute approximate surface area is 54.8 Å². The number of hydrogen-bond acceptors (Lipinski definition) is 3. The molecule has 0 aliphatic rings. The third kappa shape index (κ3) is 4.14. The maximum Gasteiger partial charge on any atom is 0.0615 e. The number of nitrogens with two attached hydrogens (primary N) is 1. The highest BCUT2D eigenvalue weighted by molar-refractivity contribution is 5.03. The van der Waals surface area contributed by atoms with Gasteiger partial charge in [0, 0.05) is 13.2 Å². The molecule has 0 aromatic heterocycles. The molecule has 0 saturated carbocycles. The molecule has 4 N–H and O–H groups in total. The molecule has 54 valence electrons. The highest BCUT2D eigenvalue weighted by Gasteiger charge is 1.90. The highest BCUT2D eigenvalue weighted by atomic mass is 16.3. The van der Waals surface area contributed by atoms with Gasteiger partial charge in [0.25, 0.3) is 0 Å². The summed E-state index contributed by atoms with van der Waals surface area (Å²) in [6, 6.07) is 0. The lowest BCUT2D eigenvalue weighted by Crippen LogP contribution is -2.05. The molecule has 0 radical (unpaired) electrons. The highest BCUT2D eigenvalue weighted by Crippen LogP contribution is 1.95. The van der Waals surface area contributed by atoms with E-state index in [9.17, 15) is 0 Å². The summed E-state index contributed by atoms with van der Waals surface area (Å²) in [6.07, 6.45) is 2.19. The van der Waals surface area contributed by atoms with Crippen LogP contribution in [0.3, 0.4) is 0 Å². The molecule has 3 nitrogen and oxygen atoms in total. The second kappa shape index (κ2) is 5.75. The third-order valence-electron chi connectivity index (χ3n) is 1.08. The van der Waals surface area contributed by atoms with Gasteiger partial charge in [0.15, 0.2) is 0 Å².